The highest BCUT2D eigenvalue weighted by molar-refractivity contribution is 5.83. The SMILES string of the molecule is CC(C)(C)n1nnnc1C(c1cc2cc3c(cc2[nH]c1=O)OCO3)N1CCc2ccccc2C1. The molecule has 0 fully saturated rings. The van der Waals surface area contributed by atoms with Gasteiger partial charge in [-0.1, -0.05) is 24.3 Å². The Bertz CT molecular complexity index is 1450. The van der Waals surface area contributed by atoms with Crippen molar-refractivity contribution in [3.63, 3.8) is 0 Å². The van der Waals surface area contributed by atoms with Crippen molar-refractivity contribution in [1.29, 1.82) is 0 Å². The highest BCUT2D eigenvalue weighted by Crippen LogP contribution is 2.37. The number of nitrogens with zero attached hydrogens (tertiary/aromatic N) is 5. The molecule has 9 heteroatoms. The van der Waals surface area contributed by atoms with Gasteiger partial charge in [0.1, 0.15) is 6.04 Å². The number of ether oxygens (including phenoxy) is 2. The van der Waals surface area contributed by atoms with Gasteiger partial charge in [0.05, 0.1) is 11.1 Å². The zero-order valence-electron chi connectivity index (χ0n) is 19.4. The van der Waals surface area contributed by atoms with Gasteiger partial charge in [0, 0.05) is 30.1 Å². The van der Waals surface area contributed by atoms with E-state index in [1.165, 1.54) is 11.1 Å². The second kappa shape index (κ2) is 7.66. The fourth-order valence-corrected chi connectivity index (χ4v) is 4.90. The lowest BCUT2D eigenvalue weighted by atomic mass is 9.95. The van der Waals surface area contributed by atoms with E-state index in [0.717, 1.165) is 18.4 Å². The third-order valence-electron chi connectivity index (χ3n) is 6.56. The number of hydrogen-bond donors (Lipinski definition) is 1. The van der Waals surface area contributed by atoms with Crippen LogP contribution in [0, 0.1) is 0 Å². The number of fused-ring (bicyclic) bond motifs is 3. The van der Waals surface area contributed by atoms with Crippen LogP contribution in [0.25, 0.3) is 10.9 Å². The van der Waals surface area contributed by atoms with Gasteiger partial charge >= 0.3 is 0 Å². The maximum atomic E-state index is 13.5. The Balaban J connectivity index is 1.53. The van der Waals surface area contributed by atoms with Crippen molar-refractivity contribution in [2.24, 2.45) is 0 Å². The molecule has 0 amide bonds. The number of pyridine rings is 1. The van der Waals surface area contributed by atoms with Gasteiger partial charge in [-0.05, 0) is 60.9 Å². The van der Waals surface area contributed by atoms with Crippen LogP contribution >= 0.6 is 0 Å². The van der Waals surface area contributed by atoms with Crippen molar-refractivity contribution in [3.05, 3.63) is 75.3 Å². The molecule has 2 aromatic heterocycles. The second-order valence-corrected chi connectivity index (χ2v) is 9.86. The molecule has 0 bridgehead atoms. The number of nitrogens with one attached hydrogen (secondary N) is 1. The van der Waals surface area contributed by atoms with Gasteiger partial charge < -0.3 is 14.5 Å². The van der Waals surface area contributed by atoms with Gasteiger partial charge in [-0.3, -0.25) is 9.69 Å². The van der Waals surface area contributed by atoms with Gasteiger partial charge in [0.25, 0.3) is 5.56 Å². The zero-order chi connectivity index (χ0) is 23.4. The van der Waals surface area contributed by atoms with E-state index in [1.54, 1.807) is 0 Å². The first-order valence-corrected chi connectivity index (χ1v) is 11.4. The van der Waals surface area contributed by atoms with E-state index in [-0.39, 0.29) is 17.9 Å². The van der Waals surface area contributed by atoms with Crippen LogP contribution in [0.2, 0.25) is 0 Å². The summed E-state index contributed by atoms with van der Waals surface area (Å²) < 4.78 is 12.9. The highest BCUT2D eigenvalue weighted by atomic mass is 16.7. The minimum Gasteiger partial charge on any atom is -0.454 e. The molecule has 1 unspecified atom stereocenters. The van der Waals surface area contributed by atoms with E-state index in [1.807, 2.05) is 22.9 Å². The minimum absolute atomic E-state index is 0.168. The third kappa shape index (κ3) is 3.43. The maximum absolute atomic E-state index is 13.5. The Morgan fingerprint density at radius 3 is 2.62 bits per heavy atom. The zero-order valence-corrected chi connectivity index (χ0v) is 19.4. The fourth-order valence-electron chi connectivity index (χ4n) is 4.90. The molecule has 9 nitrogen and oxygen atoms in total. The van der Waals surface area contributed by atoms with Gasteiger partial charge in [-0.2, -0.15) is 0 Å². The van der Waals surface area contributed by atoms with Crippen LogP contribution in [-0.4, -0.2) is 43.4 Å². The van der Waals surface area contributed by atoms with Crippen molar-refractivity contribution in [3.8, 4) is 11.5 Å². The summed E-state index contributed by atoms with van der Waals surface area (Å²) in [6.07, 6.45) is 0.897. The van der Waals surface area contributed by atoms with Crippen LogP contribution in [0.1, 0.15) is 49.3 Å². The van der Waals surface area contributed by atoms with Gasteiger partial charge in [-0.15, -0.1) is 5.10 Å². The molecule has 0 radical (unpaired) electrons. The summed E-state index contributed by atoms with van der Waals surface area (Å²) in [5.41, 5.74) is 3.39. The normalized spacial score (nSPS) is 16.6. The van der Waals surface area contributed by atoms with Crippen LogP contribution in [-0.2, 0) is 18.5 Å². The lowest BCUT2D eigenvalue weighted by Gasteiger charge is -2.36. The monoisotopic (exact) mass is 458 g/mol. The Morgan fingerprint density at radius 1 is 1.06 bits per heavy atom. The van der Waals surface area contributed by atoms with Crippen molar-refractivity contribution in [1.82, 2.24) is 30.1 Å². The molecule has 34 heavy (non-hydrogen) atoms. The predicted molar refractivity (Wildman–Crippen MR) is 126 cm³/mol. The van der Waals surface area contributed by atoms with E-state index >= 15 is 0 Å². The van der Waals surface area contributed by atoms with E-state index in [4.69, 9.17) is 9.47 Å². The van der Waals surface area contributed by atoms with E-state index < -0.39 is 6.04 Å². The van der Waals surface area contributed by atoms with Crippen molar-refractivity contribution in [2.45, 2.75) is 45.3 Å². The Hall–Kier alpha value is -3.72. The quantitative estimate of drug-likeness (QED) is 0.504. The maximum Gasteiger partial charge on any atom is 0.253 e. The summed E-state index contributed by atoms with van der Waals surface area (Å²) >= 11 is 0. The van der Waals surface area contributed by atoms with Crippen molar-refractivity contribution >= 4 is 10.9 Å². The number of rotatable bonds is 3. The summed E-state index contributed by atoms with van der Waals surface area (Å²) in [5, 5.41) is 13.6. The highest BCUT2D eigenvalue weighted by Gasteiger charge is 2.35. The van der Waals surface area contributed by atoms with Crippen LogP contribution in [0.4, 0.5) is 0 Å². The first-order chi connectivity index (χ1) is 16.4. The van der Waals surface area contributed by atoms with Crippen LogP contribution < -0.4 is 15.0 Å². The van der Waals surface area contributed by atoms with Gasteiger partial charge in [0.15, 0.2) is 17.3 Å². The number of H-pyrrole nitrogens is 1. The molecule has 0 saturated carbocycles. The molecule has 2 aliphatic heterocycles. The molecular formula is C25H26N6O3. The Morgan fingerprint density at radius 2 is 1.82 bits per heavy atom. The summed E-state index contributed by atoms with van der Waals surface area (Å²) in [6.45, 7) is 7.84. The molecule has 4 aromatic rings. The molecule has 174 valence electrons. The average molecular weight is 459 g/mol. The molecule has 2 aromatic carbocycles. The van der Waals surface area contributed by atoms with Crippen LogP contribution in [0.5, 0.6) is 11.5 Å². The molecule has 0 spiro atoms. The van der Waals surface area contributed by atoms with Crippen molar-refractivity contribution < 1.29 is 9.47 Å². The number of hydrogen-bond acceptors (Lipinski definition) is 7. The van der Waals surface area contributed by atoms with E-state index in [9.17, 15) is 4.79 Å². The molecule has 2 aliphatic rings. The first-order valence-electron chi connectivity index (χ1n) is 11.4. The van der Waals surface area contributed by atoms with Gasteiger partial charge in [0.2, 0.25) is 6.79 Å². The minimum atomic E-state index is -0.416. The molecule has 0 saturated heterocycles. The molecule has 4 heterocycles. The smallest absolute Gasteiger partial charge is 0.253 e. The van der Waals surface area contributed by atoms with E-state index in [2.05, 4.69) is 70.4 Å². The topological polar surface area (TPSA) is 98.2 Å². The molecular weight excluding hydrogens is 432 g/mol. The lowest BCUT2D eigenvalue weighted by molar-refractivity contribution is 0.174. The molecule has 0 aliphatic carbocycles. The molecule has 1 atom stereocenters. The molecule has 6 rings (SSSR count). The first kappa shape index (κ1) is 20.9. The molecule has 1 N–H and O–H groups in total. The summed E-state index contributed by atoms with van der Waals surface area (Å²) in [5.74, 6) is 1.96. The van der Waals surface area contributed by atoms with E-state index in [0.29, 0.717) is 34.9 Å². The second-order valence-electron chi connectivity index (χ2n) is 9.86. The Kier molecular flexibility index (Phi) is 4.70. The fraction of sp³-hybridized carbons (Fsp3) is 0.360. The predicted octanol–water partition coefficient (Wildman–Crippen LogP) is 3.15. The summed E-state index contributed by atoms with van der Waals surface area (Å²) in [4.78, 5) is 18.8. The largest absolute Gasteiger partial charge is 0.454 e. The summed E-state index contributed by atoms with van der Waals surface area (Å²) in [6, 6.07) is 13.7. The Labute approximate surface area is 196 Å². The number of aromatic nitrogens is 5. The average Bonchev–Trinajstić information content (AvgIpc) is 3.47. The third-order valence-corrected chi connectivity index (χ3v) is 6.56. The standard InChI is InChI=1S/C25H26N6O3/c1-25(2,3)31-23(27-28-29-31)22(30-9-8-15-6-4-5-7-16(15)13-30)18-10-17-11-20-21(34-14-33-20)12-19(17)26-24(18)32/h4-7,10-12,22H,8-9,13-14H2,1-3H3,(H,26,32). The number of aromatic amines is 1. The van der Waals surface area contributed by atoms with Gasteiger partial charge in [-0.25, -0.2) is 4.68 Å². The number of benzene rings is 2. The summed E-state index contributed by atoms with van der Waals surface area (Å²) in [7, 11) is 0. The number of tetrazole rings is 1. The lowest BCUT2D eigenvalue weighted by Crippen LogP contribution is -2.40. The van der Waals surface area contributed by atoms with Crippen LogP contribution in [0.3, 0.4) is 0 Å². The van der Waals surface area contributed by atoms with Crippen LogP contribution in [0.15, 0.2) is 47.3 Å². The van der Waals surface area contributed by atoms with Crippen molar-refractivity contribution in [2.75, 3.05) is 13.3 Å².